The molecule has 82 heavy (non-hydrogen) atoms. The molecule has 15 heteroatoms. The Kier molecular flexibility index (Phi) is 22.0. The van der Waals surface area contributed by atoms with Crippen molar-refractivity contribution in [3.63, 3.8) is 0 Å². The lowest BCUT2D eigenvalue weighted by Crippen LogP contribution is -2.21. The minimum atomic E-state index is -0.833. The molecular weight excluding hydrogens is 1290 g/mol. The number of nitrogens with two attached hydrogens (primary N) is 1. The molecular formula is C67H54Br4N4O7. The molecule has 11 aromatic carbocycles. The second kappa shape index (κ2) is 28.8. The van der Waals surface area contributed by atoms with E-state index in [2.05, 4.69) is 177 Å². The minimum absolute atomic E-state index is 0. The van der Waals surface area contributed by atoms with Crippen molar-refractivity contribution in [3.05, 3.63) is 253 Å². The molecule has 0 aliphatic heterocycles. The summed E-state index contributed by atoms with van der Waals surface area (Å²) in [6, 6.07) is 72.5. The molecule has 0 bridgehead atoms. The van der Waals surface area contributed by atoms with Gasteiger partial charge in [0.05, 0.1) is 11.0 Å². The van der Waals surface area contributed by atoms with Crippen molar-refractivity contribution in [2.24, 2.45) is 0 Å². The van der Waals surface area contributed by atoms with E-state index in [0.29, 0.717) is 11.1 Å². The zero-order valence-corrected chi connectivity index (χ0v) is 49.8. The summed E-state index contributed by atoms with van der Waals surface area (Å²) in [5.74, 6) is -1.62. The number of Topliss-reactive ketones (excluding diaryl/α,β-unsaturated/α-hetero) is 2. The van der Waals surface area contributed by atoms with Crippen LogP contribution in [0.15, 0.2) is 236 Å². The molecule has 0 saturated heterocycles. The summed E-state index contributed by atoms with van der Waals surface area (Å²) in [4.78, 5) is 58.1. The molecule has 12 aromatic rings. The summed E-state index contributed by atoms with van der Waals surface area (Å²) < 4.78 is 6.01. The van der Waals surface area contributed by atoms with Crippen LogP contribution in [-0.4, -0.2) is 49.6 Å². The van der Waals surface area contributed by atoms with Crippen LogP contribution in [0, 0.1) is 0 Å². The number of halogens is 4. The third-order valence-electron chi connectivity index (χ3n) is 12.4. The Morgan fingerprint density at radius 3 is 1.39 bits per heavy atom. The number of hydrogen-bond acceptors (Lipinski definition) is 8. The van der Waals surface area contributed by atoms with Gasteiger partial charge in [-0.25, -0.2) is 4.98 Å². The van der Waals surface area contributed by atoms with Gasteiger partial charge in [0.15, 0.2) is 6.29 Å². The third kappa shape index (κ3) is 14.7. The number of carboxylic acid groups (broad SMARTS) is 2. The number of hydrogen-bond donors (Lipinski definition) is 4. The third-order valence-corrected chi connectivity index (χ3v) is 14.4. The molecule has 1 heterocycles. The first-order valence-corrected chi connectivity index (χ1v) is 27.8. The molecule has 1 aliphatic carbocycles. The van der Waals surface area contributed by atoms with Crippen molar-refractivity contribution in [1.82, 2.24) is 15.7 Å². The van der Waals surface area contributed by atoms with Gasteiger partial charge in [-0.15, -0.1) is 0 Å². The first-order chi connectivity index (χ1) is 38.5. The molecule has 11 nitrogen and oxygen atoms in total. The van der Waals surface area contributed by atoms with Crippen molar-refractivity contribution in [2.75, 3.05) is 5.73 Å². The largest absolute Gasteiger partial charge is 0.481 e. The topological polar surface area (TPSA) is 205 Å². The number of nitrogens with zero attached hydrogens (tertiary/aromatic N) is 2. The summed E-state index contributed by atoms with van der Waals surface area (Å²) in [5, 5.41) is 24.1. The molecule has 0 saturated carbocycles. The maximum atomic E-state index is 12.1. The minimum Gasteiger partial charge on any atom is -0.481 e. The molecule has 0 atom stereocenters. The van der Waals surface area contributed by atoms with E-state index in [-0.39, 0.29) is 13.6 Å². The number of aromatic nitrogens is 2. The Bertz CT molecular complexity index is 4210. The fourth-order valence-electron chi connectivity index (χ4n) is 9.11. The second-order valence-electron chi connectivity index (χ2n) is 17.9. The predicted octanol–water partition coefficient (Wildman–Crippen LogP) is 18.8. The van der Waals surface area contributed by atoms with Gasteiger partial charge in [-0.2, -0.15) is 0 Å². The van der Waals surface area contributed by atoms with Gasteiger partial charge in [0, 0.05) is 76.1 Å². The molecule has 1 aliphatic rings. The molecule has 13 rings (SSSR count). The molecule has 0 fully saturated rings. The van der Waals surface area contributed by atoms with Crippen LogP contribution in [-0.2, 0) is 9.59 Å². The highest BCUT2D eigenvalue weighted by molar-refractivity contribution is 9.11. The zero-order chi connectivity index (χ0) is 57.0. The van der Waals surface area contributed by atoms with E-state index in [1.54, 1.807) is 12.1 Å². The van der Waals surface area contributed by atoms with E-state index < -0.39 is 23.5 Å². The average molecular weight is 1350 g/mol. The van der Waals surface area contributed by atoms with Crippen LogP contribution in [0.25, 0.3) is 82.3 Å². The van der Waals surface area contributed by atoms with Gasteiger partial charge >= 0.3 is 0 Å². The van der Waals surface area contributed by atoms with E-state index in [1.807, 2.05) is 97.1 Å². The Hall–Kier alpha value is -8.44. The molecule has 0 spiro atoms. The number of fused-ring (bicyclic) bond motifs is 11. The van der Waals surface area contributed by atoms with Gasteiger partial charge in [-0.1, -0.05) is 217 Å². The number of carbonyl (C=O) groups is 5. The van der Waals surface area contributed by atoms with E-state index in [1.165, 1.54) is 26.9 Å². The van der Waals surface area contributed by atoms with Crippen molar-refractivity contribution in [1.29, 1.82) is 0 Å². The molecule has 412 valence electrons. The number of carboxylic acids is 2. The lowest BCUT2D eigenvalue weighted by molar-refractivity contribution is -0.135. The lowest BCUT2D eigenvalue weighted by Gasteiger charge is -2.18. The van der Waals surface area contributed by atoms with E-state index >= 15 is 0 Å². The number of imidazole rings is 1. The van der Waals surface area contributed by atoms with Gasteiger partial charge in [-0.05, 0) is 116 Å². The second-order valence-corrected chi connectivity index (χ2v) is 21.5. The normalized spacial score (nSPS) is 10.7. The Labute approximate surface area is 507 Å². The number of benzene rings is 11. The number of para-hydroxylation sites is 2. The molecule has 0 radical (unpaired) electrons. The van der Waals surface area contributed by atoms with Crippen molar-refractivity contribution in [2.45, 2.75) is 21.3 Å². The first-order valence-electron chi connectivity index (χ1n) is 24.6. The summed E-state index contributed by atoms with van der Waals surface area (Å²) in [6.45, 7) is 2.17. The zero-order valence-electron chi connectivity index (χ0n) is 43.5. The number of nitrogen functional groups attached to an aromatic ring is 1. The smallest absolute Gasteiger partial charge is 0.300 e. The molecule has 7 N–H and O–H groups in total. The predicted molar refractivity (Wildman–Crippen MR) is 349 cm³/mol. The van der Waals surface area contributed by atoms with Crippen LogP contribution < -0.4 is 11.9 Å². The van der Waals surface area contributed by atoms with Crippen molar-refractivity contribution >= 4 is 153 Å². The van der Waals surface area contributed by atoms with Gasteiger partial charge in [0.2, 0.25) is 11.6 Å². The van der Waals surface area contributed by atoms with E-state index in [9.17, 15) is 14.4 Å². The number of aldehydes is 1. The van der Waals surface area contributed by atoms with Crippen LogP contribution in [0.1, 0.15) is 52.3 Å². The van der Waals surface area contributed by atoms with E-state index in [4.69, 9.17) is 30.5 Å². The number of rotatable bonds is 3. The summed E-state index contributed by atoms with van der Waals surface area (Å²) in [6.07, 6.45) is 0.891. The Morgan fingerprint density at radius 2 is 0.878 bits per heavy atom. The van der Waals surface area contributed by atoms with Gasteiger partial charge < -0.3 is 22.1 Å². The number of ketones is 2. The molecule has 0 amide bonds. The summed E-state index contributed by atoms with van der Waals surface area (Å²) >= 11 is 14.1. The fourth-order valence-corrected chi connectivity index (χ4v) is 10.6. The van der Waals surface area contributed by atoms with Crippen LogP contribution in [0.5, 0.6) is 0 Å². The fraction of sp³-hybridized carbons (Fsp3) is 0.0448. The molecule has 0 unspecified atom stereocenters. The number of carbonyl (C=O) groups excluding carboxylic acids is 3. The SMILES string of the molecule is Brc1ccc2c3ccc(Br)cc3c3c(nc(-c4cccc5ccccc45)n3-c3ccccc3)c2c1.C.CC(=O)O.CC(=O)O.N.Nc1ccccc1.O=C1C(=O)c2cc(Br)ccc2-c2ccc(Br)cc21.O=Cc1cccc2ccccc12. The Balaban J connectivity index is 0.000000192. The quantitative estimate of drug-likeness (QED) is 0.0570. The van der Waals surface area contributed by atoms with Crippen LogP contribution in [0.3, 0.4) is 0 Å². The Morgan fingerprint density at radius 1 is 0.463 bits per heavy atom. The first kappa shape index (κ1) is 62.8. The molecule has 1 aromatic heterocycles. The van der Waals surface area contributed by atoms with Crippen LogP contribution in [0.4, 0.5) is 5.69 Å². The van der Waals surface area contributed by atoms with Crippen molar-refractivity contribution in [3.8, 4) is 28.2 Å². The highest BCUT2D eigenvalue weighted by Crippen LogP contribution is 2.42. The average Bonchev–Trinajstić information content (AvgIpc) is 3.41. The van der Waals surface area contributed by atoms with Crippen molar-refractivity contribution < 1.29 is 34.2 Å². The number of anilines is 1. The summed E-state index contributed by atoms with van der Waals surface area (Å²) in [5.41, 5.74) is 13.8. The maximum absolute atomic E-state index is 12.1. The summed E-state index contributed by atoms with van der Waals surface area (Å²) in [7, 11) is 0. The van der Waals surface area contributed by atoms with Gasteiger partial charge in [-0.3, -0.25) is 28.5 Å². The van der Waals surface area contributed by atoms with Crippen LogP contribution >= 0.6 is 63.7 Å². The number of aliphatic carboxylic acids is 2. The highest BCUT2D eigenvalue weighted by atomic mass is 79.9. The van der Waals surface area contributed by atoms with Crippen LogP contribution in [0.2, 0.25) is 0 Å². The van der Waals surface area contributed by atoms with Gasteiger partial charge in [0.1, 0.15) is 5.82 Å². The maximum Gasteiger partial charge on any atom is 0.300 e. The standard InChI is InChI=1S/C31H18Br2N2.C14H6Br2O2.C11H8O.C6H7N.2C2H4O2.CH4.H3N/c32-20-13-15-24-25-16-14-21(33)18-28(25)30-29(27(24)17-20)34-31(35(30)22-9-2-1-3-10-22)26-12-6-8-19-7-4-5-11-23(19)26;15-7-1-3-9-10-4-2-8(16)6-12(10)14(18)13(17)11(9)5-7;12-8-10-6-3-5-9-4-1-2-7-11(9)10;7-6-4-2-1-3-5-6;2*1-2(3)4;;/h1-18H;1-6H;1-8H;1-5H,7H2;2*1H3,(H,3,4);1H4;1H3. The van der Waals surface area contributed by atoms with E-state index in [0.717, 1.165) is 105 Å². The monoisotopic (exact) mass is 1340 g/mol. The highest BCUT2D eigenvalue weighted by Gasteiger charge is 2.30. The van der Waals surface area contributed by atoms with Gasteiger partial charge in [0.25, 0.3) is 11.9 Å². The lowest BCUT2D eigenvalue weighted by atomic mass is 9.84.